The Morgan fingerprint density at radius 3 is 2.00 bits per heavy atom. The van der Waals surface area contributed by atoms with Crippen LogP contribution in [-0.4, -0.2) is 15.0 Å². The van der Waals surface area contributed by atoms with Gasteiger partial charge in [-0.2, -0.15) is 0 Å². The molecule has 0 spiro atoms. The van der Waals surface area contributed by atoms with E-state index in [1.54, 1.807) is 6.33 Å². The third-order valence-electron chi connectivity index (χ3n) is 5.06. The molecular formula is C26H20N4. The van der Waals surface area contributed by atoms with Gasteiger partial charge in [-0.15, -0.1) is 0 Å². The molecule has 0 bridgehead atoms. The minimum absolute atomic E-state index is 0.681. The van der Waals surface area contributed by atoms with E-state index in [-0.39, 0.29) is 0 Å². The van der Waals surface area contributed by atoms with Crippen LogP contribution in [0.5, 0.6) is 0 Å². The number of fused-ring (bicyclic) bond motifs is 1. The van der Waals surface area contributed by atoms with Crippen LogP contribution in [0, 0.1) is 0 Å². The molecule has 1 N–H and O–H groups in total. The molecule has 30 heavy (non-hydrogen) atoms. The number of nitrogens with one attached hydrogen (secondary N) is 1. The van der Waals surface area contributed by atoms with Gasteiger partial charge >= 0.3 is 0 Å². The highest BCUT2D eigenvalue weighted by Gasteiger charge is 2.14. The van der Waals surface area contributed by atoms with Crippen LogP contribution in [0.4, 0.5) is 5.82 Å². The predicted molar refractivity (Wildman–Crippen MR) is 122 cm³/mol. The number of aromatic nitrogens is 3. The molecule has 0 fully saturated rings. The normalized spacial score (nSPS) is 10.8. The number of pyridine rings is 1. The van der Waals surface area contributed by atoms with Gasteiger partial charge in [0.2, 0.25) is 0 Å². The molecule has 0 saturated carbocycles. The summed E-state index contributed by atoms with van der Waals surface area (Å²) in [5.74, 6) is 0.787. The largest absolute Gasteiger partial charge is 0.365 e. The molecule has 5 aromatic rings. The maximum absolute atomic E-state index is 4.86. The first-order valence-corrected chi connectivity index (χ1v) is 9.93. The third-order valence-corrected chi connectivity index (χ3v) is 5.06. The molecule has 0 unspecified atom stereocenters. The first kappa shape index (κ1) is 18.0. The highest BCUT2D eigenvalue weighted by Crippen LogP contribution is 2.34. The van der Waals surface area contributed by atoms with Gasteiger partial charge in [-0.1, -0.05) is 91.0 Å². The van der Waals surface area contributed by atoms with Crippen molar-refractivity contribution in [3.63, 3.8) is 0 Å². The van der Waals surface area contributed by atoms with Crippen LogP contribution in [-0.2, 0) is 6.54 Å². The Labute approximate surface area is 175 Å². The Morgan fingerprint density at radius 2 is 1.30 bits per heavy atom. The molecule has 0 amide bonds. The third kappa shape index (κ3) is 3.63. The lowest BCUT2D eigenvalue weighted by atomic mass is 10.00. The van der Waals surface area contributed by atoms with Crippen molar-refractivity contribution in [3.05, 3.63) is 109 Å². The Bertz CT molecular complexity index is 1270. The topological polar surface area (TPSA) is 50.7 Å². The van der Waals surface area contributed by atoms with Crippen molar-refractivity contribution >= 4 is 16.9 Å². The van der Waals surface area contributed by atoms with Crippen molar-refractivity contribution in [1.29, 1.82) is 0 Å². The van der Waals surface area contributed by atoms with E-state index in [0.29, 0.717) is 12.2 Å². The van der Waals surface area contributed by atoms with Crippen LogP contribution in [0.3, 0.4) is 0 Å². The zero-order chi connectivity index (χ0) is 20.2. The molecule has 144 valence electrons. The fraction of sp³-hybridized carbons (Fsp3) is 0.0385. The van der Waals surface area contributed by atoms with E-state index in [0.717, 1.165) is 33.6 Å². The Kier molecular flexibility index (Phi) is 4.88. The summed E-state index contributed by atoms with van der Waals surface area (Å²) in [7, 11) is 0. The summed E-state index contributed by atoms with van der Waals surface area (Å²) in [6, 6.07) is 33.0. The maximum Gasteiger partial charge on any atom is 0.165 e. The van der Waals surface area contributed by atoms with Gasteiger partial charge in [-0.05, 0) is 22.8 Å². The lowest BCUT2D eigenvalue weighted by Crippen LogP contribution is -2.04. The van der Waals surface area contributed by atoms with Gasteiger partial charge in [0, 0.05) is 12.1 Å². The van der Waals surface area contributed by atoms with Crippen LogP contribution in [0.25, 0.3) is 33.4 Å². The van der Waals surface area contributed by atoms with E-state index in [1.807, 2.05) is 54.6 Å². The molecule has 0 saturated heterocycles. The van der Waals surface area contributed by atoms with Crippen molar-refractivity contribution in [3.8, 4) is 22.4 Å². The fourth-order valence-corrected chi connectivity index (χ4v) is 3.58. The standard InChI is InChI=1S/C26H20N4/c1-4-10-19(11-5-1)17-27-25-24-22(20-12-6-2-7-13-20)16-23(21-14-8-3-9-15-21)30-26(24)29-18-28-25/h1-16,18H,17H2,(H,27,28,29,30). The fourth-order valence-electron chi connectivity index (χ4n) is 3.58. The number of hydrogen-bond donors (Lipinski definition) is 1. The molecule has 0 aliphatic carbocycles. The molecule has 2 heterocycles. The van der Waals surface area contributed by atoms with Crippen molar-refractivity contribution < 1.29 is 0 Å². The zero-order valence-corrected chi connectivity index (χ0v) is 16.4. The number of rotatable bonds is 5. The molecule has 2 aromatic heterocycles. The SMILES string of the molecule is c1ccc(CNc2ncnc3nc(-c4ccccc4)cc(-c4ccccc4)c23)cc1. The van der Waals surface area contributed by atoms with Gasteiger partial charge in [0.15, 0.2) is 5.65 Å². The average molecular weight is 388 g/mol. The number of hydrogen-bond acceptors (Lipinski definition) is 4. The molecule has 0 atom stereocenters. The van der Waals surface area contributed by atoms with Crippen LogP contribution < -0.4 is 5.32 Å². The van der Waals surface area contributed by atoms with Crippen molar-refractivity contribution in [2.24, 2.45) is 0 Å². The molecule has 0 radical (unpaired) electrons. The minimum atomic E-state index is 0.681. The molecule has 0 aliphatic rings. The van der Waals surface area contributed by atoms with E-state index in [2.05, 4.69) is 57.7 Å². The average Bonchev–Trinajstić information content (AvgIpc) is 2.83. The first-order valence-electron chi connectivity index (χ1n) is 9.93. The molecule has 4 heteroatoms. The van der Waals surface area contributed by atoms with Gasteiger partial charge in [0.1, 0.15) is 12.1 Å². The number of nitrogens with zero attached hydrogens (tertiary/aromatic N) is 3. The van der Waals surface area contributed by atoms with E-state index in [4.69, 9.17) is 4.98 Å². The molecule has 3 aromatic carbocycles. The Hall–Kier alpha value is -4.05. The van der Waals surface area contributed by atoms with E-state index in [1.165, 1.54) is 5.56 Å². The summed E-state index contributed by atoms with van der Waals surface area (Å²) in [6.07, 6.45) is 1.58. The monoisotopic (exact) mass is 388 g/mol. The van der Waals surface area contributed by atoms with Crippen LogP contribution in [0.2, 0.25) is 0 Å². The lowest BCUT2D eigenvalue weighted by Gasteiger charge is -2.14. The smallest absolute Gasteiger partial charge is 0.165 e. The number of anilines is 1. The highest BCUT2D eigenvalue weighted by molar-refractivity contribution is 6.01. The van der Waals surface area contributed by atoms with Gasteiger partial charge in [0.05, 0.1) is 11.1 Å². The van der Waals surface area contributed by atoms with Crippen molar-refractivity contribution in [1.82, 2.24) is 15.0 Å². The van der Waals surface area contributed by atoms with Crippen molar-refractivity contribution in [2.45, 2.75) is 6.54 Å². The summed E-state index contributed by atoms with van der Waals surface area (Å²) < 4.78 is 0. The van der Waals surface area contributed by atoms with Crippen LogP contribution in [0.1, 0.15) is 5.56 Å². The molecular weight excluding hydrogens is 368 g/mol. The predicted octanol–water partition coefficient (Wildman–Crippen LogP) is 5.97. The summed E-state index contributed by atoms with van der Waals surface area (Å²) in [5, 5.41) is 4.41. The second-order valence-electron chi connectivity index (χ2n) is 7.05. The van der Waals surface area contributed by atoms with Crippen LogP contribution in [0.15, 0.2) is 103 Å². The molecule has 4 nitrogen and oxygen atoms in total. The second kappa shape index (κ2) is 8.13. The lowest BCUT2D eigenvalue weighted by molar-refractivity contribution is 1.10. The van der Waals surface area contributed by atoms with Crippen molar-refractivity contribution in [2.75, 3.05) is 5.32 Å². The molecule has 5 rings (SSSR count). The zero-order valence-electron chi connectivity index (χ0n) is 16.4. The first-order chi connectivity index (χ1) is 14.9. The van der Waals surface area contributed by atoms with Crippen LogP contribution >= 0.6 is 0 Å². The van der Waals surface area contributed by atoms with E-state index >= 15 is 0 Å². The number of benzene rings is 3. The van der Waals surface area contributed by atoms with E-state index < -0.39 is 0 Å². The van der Waals surface area contributed by atoms with Gasteiger partial charge in [0.25, 0.3) is 0 Å². The van der Waals surface area contributed by atoms with E-state index in [9.17, 15) is 0 Å². The quantitative estimate of drug-likeness (QED) is 0.403. The minimum Gasteiger partial charge on any atom is -0.365 e. The summed E-state index contributed by atoms with van der Waals surface area (Å²) in [6.45, 7) is 0.682. The molecule has 0 aliphatic heterocycles. The highest BCUT2D eigenvalue weighted by atomic mass is 15.0. The van der Waals surface area contributed by atoms with Gasteiger partial charge in [-0.3, -0.25) is 0 Å². The Morgan fingerprint density at radius 1 is 0.667 bits per heavy atom. The second-order valence-corrected chi connectivity index (χ2v) is 7.05. The Balaban J connectivity index is 1.67. The summed E-state index contributed by atoms with van der Waals surface area (Å²) in [5.41, 5.74) is 6.01. The summed E-state index contributed by atoms with van der Waals surface area (Å²) in [4.78, 5) is 13.9. The van der Waals surface area contributed by atoms with Gasteiger partial charge < -0.3 is 5.32 Å². The van der Waals surface area contributed by atoms with Gasteiger partial charge in [-0.25, -0.2) is 15.0 Å². The maximum atomic E-state index is 4.86. The summed E-state index contributed by atoms with van der Waals surface area (Å²) >= 11 is 0.